The third-order valence-electron chi connectivity index (χ3n) is 2.18. The summed E-state index contributed by atoms with van der Waals surface area (Å²) in [6.07, 6.45) is 3.10. The highest BCUT2D eigenvalue weighted by molar-refractivity contribution is 6.30. The van der Waals surface area contributed by atoms with Gasteiger partial charge in [0.2, 0.25) is 0 Å². The van der Waals surface area contributed by atoms with Crippen LogP contribution in [-0.2, 0) is 4.74 Å². The highest BCUT2D eigenvalue weighted by Crippen LogP contribution is 2.20. The second-order valence-corrected chi connectivity index (χ2v) is 3.69. The second kappa shape index (κ2) is 4.93. The maximum Gasteiger partial charge on any atom is 0.340 e. The molecule has 5 heteroatoms. The number of methoxy groups -OCH3 is 1. The summed E-state index contributed by atoms with van der Waals surface area (Å²) in [5.41, 5.74) is 1.44. The molecule has 0 aliphatic heterocycles. The number of esters is 1. The zero-order valence-electron chi connectivity index (χ0n) is 9.05. The molecule has 2 aromatic rings. The van der Waals surface area contributed by atoms with Crippen molar-refractivity contribution < 1.29 is 9.53 Å². The van der Waals surface area contributed by atoms with Gasteiger partial charge in [-0.05, 0) is 24.3 Å². The minimum atomic E-state index is -0.440. The molecule has 0 aliphatic carbocycles. The van der Waals surface area contributed by atoms with E-state index in [1.807, 2.05) is 0 Å². The fourth-order valence-electron chi connectivity index (χ4n) is 1.40. The number of nitrogens with zero attached hydrogens (tertiary/aromatic N) is 2. The predicted molar refractivity (Wildman–Crippen MR) is 63.8 cm³/mol. The van der Waals surface area contributed by atoms with Crippen LogP contribution in [0.5, 0.6) is 0 Å². The van der Waals surface area contributed by atoms with Gasteiger partial charge in [0.05, 0.1) is 23.4 Å². The van der Waals surface area contributed by atoms with Crippen LogP contribution in [0.4, 0.5) is 0 Å². The Kier molecular flexibility index (Phi) is 3.35. The molecule has 0 amide bonds. The zero-order valence-corrected chi connectivity index (χ0v) is 9.81. The van der Waals surface area contributed by atoms with E-state index in [0.717, 1.165) is 0 Å². The molecule has 0 aromatic carbocycles. The third kappa shape index (κ3) is 2.42. The van der Waals surface area contributed by atoms with Gasteiger partial charge in [-0.25, -0.2) is 4.79 Å². The highest BCUT2D eigenvalue weighted by atomic mass is 35.5. The molecule has 86 valence electrons. The minimum absolute atomic E-state index is 0.379. The van der Waals surface area contributed by atoms with Crippen molar-refractivity contribution in [1.82, 2.24) is 9.97 Å². The van der Waals surface area contributed by atoms with Crippen LogP contribution < -0.4 is 0 Å². The van der Waals surface area contributed by atoms with Gasteiger partial charge in [-0.2, -0.15) is 0 Å². The van der Waals surface area contributed by atoms with Crippen molar-refractivity contribution in [3.63, 3.8) is 0 Å². The topological polar surface area (TPSA) is 52.1 Å². The molecule has 0 fully saturated rings. The molecule has 2 heterocycles. The van der Waals surface area contributed by atoms with E-state index in [1.54, 1.807) is 30.5 Å². The first-order chi connectivity index (χ1) is 8.22. The van der Waals surface area contributed by atoms with Gasteiger partial charge in [-0.1, -0.05) is 11.6 Å². The molecule has 4 nitrogen and oxygen atoms in total. The Morgan fingerprint density at radius 1 is 1.29 bits per heavy atom. The number of hydrogen-bond acceptors (Lipinski definition) is 4. The lowest BCUT2D eigenvalue weighted by atomic mass is 10.1. The Morgan fingerprint density at radius 2 is 2.12 bits per heavy atom. The van der Waals surface area contributed by atoms with Crippen molar-refractivity contribution in [1.29, 1.82) is 0 Å². The summed E-state index contributed by atoms with van der Waals surface area (Å²) < 4.78 is 4.69. The maximum absolute atomic E-state index is 11.6. The summed E-state index contributed by atoms with van der Waals surface area (Å²) in [7, 11) is 1.33. The molecular weight excluding hydrogens is 240 g/mol. The Bertz CT molecular complexity index is 540. The molecule has 2 rings (SSSR count). The number of aromatic nitrogens is 2. The number of ether oxygens (including phenoxy) is 1. The normalized spacial score (nSPS) is 10.0. The summed E-state index contributed by atoms with van der Waals surface area (Å²) >= 11 is 5.75. The molecule has 0 unspecified atom stereocenters. The van der Waals surface area contributed by atoms with Crippen molar-refractivity contribution in [2.45, 2.75) is 0 Å². The monoisotopic (exact) mass is 248 g/mol. The smallest absolute Gasteiger partial charge is 0.340 e. The summed E-state index contributed by atoms with van der Waals surface area (Å²) in [6.45, 7) is 0. The number of carbonyl (C=O) groups is 1. The molecule has 0 saturated heterocycles. The number of rotatable bonds is 2. The second-order valence-electron chi connectivity index (χ2n) is 3.25. The van der Waals surface area contributed by atoms with Crippen molar-refractivity contribution in [2.24, 2.45) is 0 Å². The first-order valence-corrected chi connectivity index (χ1v) is 5.25. The number of halogens is 1. The zero-order chi connectivity index (χ0) is 12.3. The van der Waals surface area contributed by atoms with E-state index < -0.39 is 5.97 Å². The van der Waals surface area contributed by atoms with Gasteiger partial charge in [0.15, 0.2) is 0 Å². The predicted octanol–water partition coefficient (Wildman–Crippen LogP) is 2.58. The van der Waals surface area contributed by atoms with Crippen molar-refractivity contribution in [3.8, 4) is 11.4 Å². The van der Waals surface area contributed by atoms with Crippen LogP contribution in [0.3, 0.4) is 0 Å². The van der Waals surface area contributed by atoms with Gasteiger partial charge in [-0.15, -0.1) is 0 Å². The molecule has 0 radical (unpaired) electrons. The summed E-state index contributed by atoms with van der Waals surface area (Å²) in [5.74, 6) is -0.440. The van der Waals surface area contributed by atoms with Crippen LogP contribution >= 0.6 is 11.6 Å². The van der Waals surface area contributed by atoms with Crippen LogP contribution in [-0.4, -0.2) is 23.0 Å². The SMILES string of the molecule is COC(=O)c1cccnc1-c1ccc(Cl)cn1. The van der Waals surface area contributed by atoms with E-state index >= 15 is 0 Å². The van der Waals surface area contributed by atoms with E-state index in [1.165, 1.54) is 13.3 Å². The Morgan fingerprint density at radius 3 is 2.76 bits per heavy atom. The Balaban J connectivity index is 2.51. The Hall–Kier alpha value is -1.94. The number of carbonyl (C=O) groups excluding carboxylic acids is 1. The molecule has 0 N–H and O–H groups in total. The lowest BCUT2D eigenvalue weighted by Gasteiger charge is -2.05. The molecule has 2 aromatic heterocycles. The van der Waals surface area contributed by atoms with Gasteiger partial charge in [0.1, 0.15) is 5.69 Å². The van der Waals surface area contributed by atoms with Crippen molar-refractivity contribution in [3.05, 3.63) is 47.2 Å². The van der Waals surface area contributed by atoms with Crippen LogP contribution in [0, 0.1) is 0 Å². The molecule has 17 heavy (non-hydrogen) atoms. The van der Waals surface area contributed by atoms with Gasteiger partial charge >= 0.3 is 5.97 Å². The average molecular weight is 249 g/mol. The first kappa shape index (κ1) is 11.5. The lowest BCUT2D eigenvalue weighted by Crippen LogP contribution is -2.05. The van der Waals surface area contributed by atoms with Crippen LogP contribution in [0.25, 0.3) is 11.4 Å². The Labute approximate surface area is 103 Å². The van der Waals surface area contributed by atoms with Crippen molar-refractivity contribution in [2.75, 3.05) is 7.11 Å². The van der Waals surface area contributed by atoms with E-state index in [9.17, 15) is 4.79 Å². The molecule has 0 saturated carbocycles. The van der Waals surface area contributed by atoms with Crippen LogP contribution in [0.1, 0.15) is 10.4 Å². The molecular formula is C12H9ClN2O2. The van der Waals surface area contributed by atoms with E-state index in [-0.39, 0.29) is 0 Å². The standard InChI is InChI=1S/C12H9ClN2O2/c1-17-12(16)9-3-2-6-14-11(9)10-5-4-8(13)7-15-10/h2-7H,1H3. The molecule has 0 bridgehead atoms. The van der Waals surface area contributed by atoms with Gasteiger partial charge in [0, 0.05) is 12.4 Å². The average Bonchev–Trinajstić information content (AvgIpc) is 2.39. The van der Waals surface area contributed by atoms with Crippen molar-refractivity contribution >= 4 is 17.6 Å². The first-order valence-electron chi connectivity index (χ1n) is 4.87. The van der Waals surface area contributed by atoms with E-state index in [0.29, 0.717) is 22.0 Å². The lowest BCUT2D eigenvalue weighted by molar-refractivity contribution is 0.0601. The van der Waals surface area contributed by atoms with Crippen LogP contribution in [0.2, 0.25) is 5.02 Å². The van der Waals surface area contributed by atoms with Gasteiger partial charge in [-0.3, -0.25) is 9.97 Å². The summed E-state index contributed by atoms with van der Waals surface area (Å²) in [4.78, 5) is 19.8. The number of pyridine rings is 2. The maximum atomic E-state index is 11.6. The van der Waals surface area contributed by atoms with Gasteiger partial charge in [0.25, 0.3) is 0 Å². The largest absolute Gasteiger partial charge is 0.465 e. The highest BCUT2D eigenvalue weighted by Gasteiger charge is 2.14. The molecule has 0 atom stereocenters. The van der Waals surface area contributed by atoms with Crippen LogP contribution in [0.15, 0.2) is 36.7 Å². The molecule has 0 aliphatic rings. The molecule has 0 spiro atoms. The minimum Gasteiger partial charge on any atom is -0.465 e. The quantitative estimate of drug-likeness (QED) is 0.767. The number of hydrogen-bond donors (Lipinski definition) is 0. The van der Waals surface area contributed by atoms with E-state index in [2.05, 4.69) is 14.7 Å². The van der Waals surface area contributed by atoms with E-state index in [4.69, 9.17) is 11.6 Å². The third-order valence-corrected chi connectivity index (χ3v) is 2.41. The fourth-order valence-corrected chi connectivity index (χ4v) is 1.51. The van der Waals surface area contributed by atoms with Gasteiger partial charge < -0.3 is 4.74 Å². The summed E-state index contributed by atoms with van der Waals surface area (Å²) in [6, 6.07) is 6.72. The summed E-state index contributed by atoms with van der Waals surface area (Å²) in [5, 5.41) is 0.532. The fraction of sp³-hybridized carbons (Fsp3) is 0.0833.